The van der Waals surface area contributed by atoms with Gasteiger partial charge in [0, 0.05) is 6.20 Å². The molecule has 2 aromatic heterocycles. The summed E-state index contributed by atoms with van der Waals surface area (Å²) in [6.07, 6.45) is -13.0. The number of halogens is 6. The Kier molecular flexibility index (Phi) is 9.10. The maximum absolute atomic E-state index is 12.5. The summed E-state index contributed by atoms with van der Waals surface area (Å²) in [5, 5.41) is 5.80. The Balaban J connectivity index is 1.89. The van der Waals surface area contributed by atoms with Crippen molar-refractivity contribution in [2.75, 3.05) is 11.2 Å². The van der Waals surface area contributed by atoms with E-state index in [1.165, 1.54) is 23.9 Å². The van der Waals surface area contributed by atoms with Crippen LogP contribution in [0.5, 0.6) is 0 Å². The number of nitrogens with one attached hydrogen (secondary N) is 1. The highest BCUT2D eigenvalue weighted by molar-refractivity contribution is 8.02. The molecule has 1 N–H and O–H groups in total. The first-order valence-electron chi connectivity index (χ1n) is 9.14. The van der Waals surface area contributed by atoms with Crippen LogP contribution in [-0.2, 0) is 17.8 Å². The van der Waals surface area contributed by atoms with Crippen molar-refractivity contribution in [1.82, 2.24) is 9.97 Å². The third-order valence-electron chi connectivity index (χ3n) is 3.91. The Hall–Kier alpha value is -2.12. The van der Waals surface area contributed by atoms with Crippen LogP contribution >= 0.6 is 23.1 Å². The maximum Gasteiger partial charge on any atom is 0.423 e. The number of ether oxygens (including phenoxy) is 1. The van der Waals surface area contributed by atoms with Gasteiger partial charge in [-0.25, -0.2) is 9.97 Å². The summed E-state index contributed by atoms with van der Waals surface area (Å²) in [5.41, 5.74) is 1.64. The highest BCUT2D eigenvalue weighted by Gasteiger charge is 2.57. The quantitative estimate of drug-likeness (QED) is 0.182. The maximum atomic E-state index is 12.5. The van der Waals surface area contributed by atoms with Crippen molar-refractivity contribution >= 4 is 41.3 Å². The molecular weight excluding hydrogens is 478 g/mol. The fourth-order valence-corrected chi connectivity index (χ4v) is 4.13. The molecule has 13 heteroatoms. The minimum atomic E-state index is -5.55. The number of anilines is 1. The van der Waals surface area contributed by atoms with Gasteiger partial charge in [0.25, 0.3) is 0 Å². The van der Waals surface area contributed by atoms with Gasteiger partial charge in [-0.15, -0.1) is 23.1 Å². The van der Waals surface area contributed by atoms with Gasteiger partial charge >= 0.3 is 12.4 Å². The molecule has 0 amide bonds. The van der Waals surface area contributed by atoms with Crippen LogP contribution in [0.3, 0.4) is 0 Å². The van der Waals surface area contributed by atoms with E-state index in [0.717, 1.165) is 28.2 Å². The van der Waals surface area contributed by atoms with Crippen molar-refractivity contribution in [1.29, 1.82) is 0 Å². The zero-order chi connectivity index (χ0) is 23.9. The van der Waals surface area contributed by atoms with Gasteiger partial charge in [0.1, 0.15) is 5.82 Å². The number of pyridine rings is 1. The monoisotopic (exact) mass is 498 g/mol. The fourth-order valence-electron chi connectivity index (χ4n) is 2.41. The van der Waals surface area contributed by atoms with E-state index >= 15 is 0 Å². The van der Waals surface area contributed by atoms with Crippen LogP contribution in [0, 0.1) is 6.92 Å². The molecular formula is C19H20F6N4OS2. The van der Waals surface area contributed by atoms with E-state index in [1.807, 2.05) is 19.3 Å². The van der Waals surface area contributed by atoms with Crippen LogP contribution in [-0.4, -0.2) is 41.0 Å². The van der Waals surface area contributed by atoms with E-state index in [0.29, 0.717) is 17.4 Å². The van der Waals surface area contributed by atoms with Crippen molar-refractivity contribution < 1.29 is 31.1 Å². The third-order valence-corrected chi connectivity index (χ3v) is 5.94. The molecule has 0 aromatic carbocycles. The lowest BCUT2D eigenvalue weighted by Gasteiger charge is -2.23. The predicted molar refractivity (Wildman–Crippen MR) is 115 cm³/mol. The third kappa shape index (κ3) is 7.48. The zero-order valence-electron chi connectivity index (χ0n) is 17.0. The number of thioether (sulfide) groups is 1. The summed E-state index contributed by atoms with van der Waals surface area (Å²) in [6.45, 7) is 6.62. The normalized spacial score (nSPS) is 13.0. The number of aliphatic imine (C=N–C) groups is 1. The summed E-state index contributed by atoms with van der Waals surface area (Å²) in [7, 11) is 0. The van der Waals surface area contributed by atoms with Crippen molar-refractivity contribution in [3.63, 3.8) is 0 Å². The molecule has 0 radical (unpaired) electrons. The standard InChI is InChI=1S/C19H20F6N4OS2/c1-4-15-29-11(2)16(32-15)13(26-3)9-31-10-28-14-6-5-12(7-27-14)8-30-17(18(20,21)22)19(23,24)25/h5-7,9,17H,3-4,8,10H2,1-2H3,(H,27,28)/b13-9-. The van der Waals surface area contributed by atoms with E-state index < -0.39 is 25.1 Å². The van der Waals surface area contributed by atoms with Crippen LogP contribution in [0.25, 0.3) is 5.70 Å². The van der Waals surface area contributed by atoms with Gasteiger partial charge < -0.3 is 10.1 Å². The summed E-state index contributed by atoms with van der Waals surface area (Å²) < 4.78 is 79.0. The summed E-state index contributed by atoms with van der Waals surface area (Å²) in [4.78, 5) is 13.4. The van der Waals surface area contributed by atoms with Crippen LogP contribution in [0.2, 0.25) is 0 Å². The van der Waals surface area contributed by atoms with Crippen LogP contribution in [0.4, 0.5) is 32.2 Å². The molecule has 5 nitrogen and oxygen atoms in total. The van der Waals surface area contributed by atoms with Gasteiger partial charge in [0.05, 0.1) is 33.8 Å². The lowest BCUT2D eigenvalue weighted by molar-refractivity contribution is -0.324. The first-order chi connectivity index (χ1) is 15.0. The second-order valence-corrected chi connectivity index (χ2v) is 8.29. The Morgan fingerprint density at radius 3 is 2.47 bits per heavy atom. The van der Waals surface area contributed by atoms with Crippen molar-refractivity contribution in [2.24, 2.45) is 4.99 Å². The Labute approximate surface area is 189 Å². The molecule has 32 heavy (non-hydrogen) atoms. The number of aryl methyl sites for hydroxylation is 2. The van der Waals surface area contributed by atoms with E-state index in [2.05, 4.69) is 31.7 Å². The molecule has 0 aliphatic carbocycles. The highest BCUT2D eigenvalue weighted by atomic mass is 32.2. The van der Waals surface area contributed by atoms with Crippen molar-refractivity contribution in [3.05, 3.63) is 44.9 Å². The van der Waals surface area contributed by atoms with E-state index in [-0.39, 0.29) is 5.56 Å². The van der Waals surface area contributed by atoms with Crippen LogP contribution < -0.4 is 5.32 Å². The van der Waals surface area contributed by atoms with E-state index in [1.54, 1.807) is 11.3 Å². The summed E-state index contributed by atoms with van der Waals surface area (Å²) in [6, 6.07) is 2.77. The molecule has 0 aliphatic heterocycles. The number of aromatic nitrogens is 2. The molecule has 2 aromatic rings. The molecule has 0 saturated carbocycles. The summed E-state index contributed by atoms with van der Waals surface area (Å²) in [5.74, 6) is 0.790. The van der Waals surface area contributed by atoms with Gasteiger partial charge in [-0.2, -0.15) is 26.3 Å². The lowest BCUT2D eigenvalue weighted by atomic mass is 10.3. The molecule has 2 heterocycles. The Bertz CT molecular complexity index is 911. The van der Waals surface area contributed by atoms with E-state index in [9.17, 15) is 26.3 Å². The average molecular weight is 499 g/mol. The fraction of sp³-hybridized carbons (Fsp3) is 0.421. The van der Waals surface area contributed by atoms with Gasteiger partial charge in [0.15, 0.2) is 0 Å². The first-order valence-corrected chi connectivity index (χ1v) is 11.0. The average Bonchev–Trinajstić information content (AvgIpc) is 3.08. The topological polar surface area (TPSA) is 59.4 Å². The number of alkyl halides is 6. The molecule has 0 atom stereocenters. The molecule has 0 fully saturated rings. The zero-order valence-corrected chi connectivity index (χ0v) is 18.7. The SMILES string of the molecule is C=N/C(=C\SCNc1ccc(COC(C(F)(F)F)C(F)(F)F)cn1)c1sc(CC)nc1C. The first kappa shape index (κ1) is 26.1. The number of nitrogens with zero attached hydrogens (tertiary/aromatic N) is 3. The Morgan fingerprint density at radius 2 is 1.97 bits per heavy atom. The molecule has 0 saturated heterocycles. The minimum absolute atomic E-state index is 0.0761. The molecule has 0 spiro atoms. The van der Waals surface area contributed by atoms with Gasteiger partial charge in [0.2, 0.25) is 6.10 Å². The number of hydrogen-bond donors (Lipinski definition) is 1. The van der Waals surface area contributed by atoms with Gasteiger partial charge in [-0.05, 0) is 37.1 Å². The van der Waals surface area contributed by atoms with Crippen molar-refractivity contribution in [3.8, 4) is 0 Å². The second-order valence-electron chi connectivity index (χ2n) is 6.35. The van der Waals surface area contributed by atoms with E-state index in [4.69, 9.17) is 0 Å². The molecule has 0 unspecified atom stereocenters. The lowest BCUT2D eigenvalue weighted by Crippen LogP contribution is -2.44. The predicted octanol–water partition coefficient (Wildman–Crippen LogP) is 6.22. The summed E-state index contributed by atoms with van der Waals surface area (Å²) >= 11 is 2.93. The van der Waals surface area contributed by atoms with Gasteiger partial charge in [-0.3, -0.25) is 4.99 Å². The smallest absolute Gasteiger partial charge is 0.361 e. The minimum Gasteiger partial charge on any atom is -0.361 e. The Morgan fingerprint density at radius 1 is 1.28 bits per heavy atom. The number of rotatable bonds is 10. The largest absolute Gasteiger partial charge is 0.423 e. The van der Waals surface area contributed by atoms with Crippen LogP contribution in [0.15, 0.2) is 28.7 Å². The number of thiazole rings is 1. The van der Waals surface area contributed by atoms with Gasteiger partial charge in [-0.1, -0.05) is 13.0 Å². The molecule has 0 bridgehead atoms. The molecule has 0 aliphatic rings. The van der Waals surface area contributed by atoms with Crippen LogP contribution in [0.1, 0.15) is 28.1 Å². The molecule has 2 rings (SSSR count). The van der Waals surface area contributed by atoms with Crippen molar-refractivity contribution in [2.45, 2.75) is 45.3 Å². The number of hydrogen-bond acceptors (Lipinski definition) is 7. The second kappa shape index (κ2) is 11.1. The highest BCUT2D eigenvalue weighted by Crippen LogP contribution is 2.36. The molecule has 176 valence electrons.